The molecule has 0 saturated carbocycles. The summed E-state index contributed by atoms with van der Waals surface area (Å²) in [6.45, 7) is 3.96. The van der Waals surface area contributed by atoms with E-state index in [1.165, 1.54) is 0 Å². The van der Waals surface area contributed by atoms with Crippen LogP contribution in [0.25, 0.3) is 0 Å². The molecule has 2 amide bonds. The van der Waals surface area contributed by atoms with Crippen LogP contribution in [0, 0.1) is 13.8 Å². The number of hydrogen-bond donors (Lipinski definition) is 2. The molecule has 4 nitrogen and oxygen atoms in total. The van der Waals surface area contributed by atoms with Crippen molar-refractivity contribution in [2.24, 2.45) is 0 Å². The Bertz CT molecular complexity index is 929. The Labute approximate surface area is 152 Å². The highest BCUT2D eigenvalue weighted by molar-refractivity contribution is 6.07. The van der Waals surface area contributed by atoms with Gasteiger partial charge < -0.3 is 10.6 Å². The number of anilines is 2. The lowest BCUT2D eigenvalue weighted by Crippen LogP contribution is -2.14. The summed E-state index contributed by atoms with van der Waals surface area (Å²) in [6, 6.07) is 21.8. The fourth-order valence-electron chi connectivity index (χ4n) is 2.54. The van der Waals surface area contributed by atoms with Crippen LogP contribution in [0.1, 0.15) is 31.8 Å². The van der Waals surface area contributed by atoms with E-state index in [0.717, 1.165) is 22.5 Å². The van der Waals surface area contributed by atoms with Gasteiger partial charge in [-0.15, -0.1) is 0 Å². The normalized spacial score (nSPS) is 10.2. The van der Waals surface area contributed by atoms with E-state index < -0.39 is 0 Å². The number of carbonyl (C=O) groups is 2. The van der Waals surface area contributed by atoms with Crippen molar-refractivity contribution < 1.29 is 9.59 Å². The first-order chi connectivity index (χ1) is 12.5. The summed E-state index contributed by atoms with van der Waals surface area (Å²) < 4.78 is 0. The Hall–Kier alpha value is -3.40. The van der Waals surface area contributed by atoms with Crippen LogP contribution in [0.5, 0.6) is 0 Å². The molecular formula is C22H20N2O2. The highest BCUT2D eigenvalue weighted by Crippen LogP contribution is 2.14. The number of rotatable bonds is 4. The molecule has 0 saturated heterocycles. The highest BCUT2D eigenvalue weighted by Gasteiger charge is 2.10. The van der Waals surface area contributed by atoms with E-state index >= 15 is 0 Å². The van der Waals surface area contributed by atoms with Gasteiger partial charge in [-0.3, -0.25) is 9.59 Å². The molecule has 0 spiro atoms. The largest absolute Gasteiger partial charge is 0.322 e. The van der Waals surface area contributed by atoms with Gasteiger partial charge in [-0.2, -0.15) is 0 Å². The summed E-state index contributed by atoms with van der Waals surface area (Å²) in [5, 5.41) is 5.69. The maximum absolute atomic E-state index is 12.3. The number of aryl methyl sites for hydroxylation is 2. The van der Waals surface area contributed by atoms with E-state index in [1.54, 1.807) is 24.3 Å². The van der Waals surface area contributed by atoms with E-state index in [2.05, 4.69) is 10.6 Å². The van der Waals surface area contributed by atoms with Crippen molar-refractivity contribution in [2.75, 3.05) is 10.6 Å². The van der Waals surface area contributed by atoms with Gasteiger partial charge in [0.25, 0.3) is 11.8 Å². The fraction of sp³-hybridized carbons (Fsp3) is 0.0909. The van der Waals surface area contributed by atoms with Gasteiger partial charge in [0.05, 0.1) is 0 Å². The van der Waals surface area contributed by atoms with Crippen LogP contribution >= 0.6 is 0 Å². The molecule has 2 N–H and O–H groups in total. The zero-order chi connectivity index (χ0) is 18.5. The lowest BCUT2D eigenvalue weighted by Gasteiger charge is -2.08. The second-order valence-corrected chi connectivity index (χ2v) is 6.22. The standard InChI is InChI=1S/C22H20N2O2/c1-15-6-12-19(13-7-15)23-21(25)17-8-10-18(11-9-17)22(26)24-20-5-3-4-16(2)14-20/h3-14H,1-2H3,(H,23,25)(H,24,26). The smallest absolute Gasteiger partial charge is 0.255 e. The maximum atomic E-state index is 12.3. The van der Waals surface area contributed by atoms with Gasteiger partial charge in [0.2, 0.25) is 0 Å². The zero-order valence-electron chi connectivity index (χ0n) is 14.7. The molecule has 4 heteroatoms. The summed E-state index contributed by atoms with van der Waals surface area (Å²) >= 11 is 0. The van der Waals surface area contributed by atoms with Crippen molar-refractivity contribution >= 4 is 23.2 Å². The number of nitrogens with one attached hydrogen (secondary N) is 2. The number of benzene rings is 3. The monoisotopic (exact) mass is 344 g/mol. The summed E-state index contributed by atoms with van der Waals surface area (Å²) in [7, 11) is 0. The first-order valence-electron chi connectivity index (χ1n) is 8.37. The Morgan fingerprint density at radius 3 is 1.69 bits per heavy atom. The van der Waals surface area contributed by atoms with E-state index in [9.17, 15) is 9.59 Å². The van der Waals surface area contributed by atoms with E-state index in [1.807, 2.05) is 62.4 Å². The summed E-state index contributed by atoms with van der Waals surface area (Å²) in [6.07, 6.45) is 0. The molecule has 0 aliphatic heterocycles. The molecule has 130 valence electrons. The topological polar surface area (TPSA) is 58.2 Å². The third-order valence-corrected chi connectivity index (χ3v) is 3.99. The Morgan fingerprint density at radius 1 is 0.615 bits per heavy atom. The van der Waals surface area contributed by atoms with Crippen LogP contribution in [-0.4, -0.2) is 11.8 Å². The van der Waals surface area contributed by atoms with Crippen molar-refractivity contribution in [1.82, 2.24) is 0 Å². The molecule has 0 aromatic heterocycles. The van der Waals surface area contributed by atoms with Gasteiger partial charge in [0.15, 0.2) is 0 Å². The lowest BCUT2D eigenvalue weighted by molar-refractivity contribution is 0.101. The average Bonchev–Trinajstić information content (AvgIpc) is 2.64. The van der Waals surface area contributed by atoms with Gasteiger partial charge in [-0.05, 0) is 67.9 Å². The fourth-order valence-corrected chi connectivity index (χ4v) is 2.54. The van der Waals surface area contributed by atoms with Gasteiger partial charge >= 0.3 is 0 Å². The van der Waals surface area contributed by atoms with Crippen LogP contribution in [-0.2, 0) is 0 Å². The number of hydrogen-bond acceptors (Lipinski definition) is 2. The van der Waals surface area contributed by atoms with Crippen LogP contribution in [0.3, 0.4) is 0 Å². The SMILES string of the molecule is Cc1ccc(NC(=O)c2ccc(C(=O)Nc3cccc(C)c3)cc2)cc1. The maximum Gasteiger partial charge on any atom is 0.255 e. The molecule has 0 radical (unpaired) electrons. The highest BCUT2D eigenvalue weighted by atomic mass is 16.2. The second kappa shape index (κ2) is 7.66. The van der Waals surface area contributed by atoms with Crippen molar-refractivity contribution in [3.8, 4) is 0 Å². The first-order valence-corrected chi connectivity index (χ1v) is 8.37. The van der Waals surface area contributed by atoms with E-state index in [4.69, 9.17) is 0 Å². The molecule has 0 fully saturated rings. The third-order valence-electron chi connectivity index (χ3n) is 3.99. The van der Waals surface area contributed by atoms with E-state index in [0.29, 0.717) is 11.1 Å². The molecule has 0 aliphatic rings. The molecule has 0 unspecified atom stereocenters. The minimum Gasteiger partial charge on any atom is -0.322 e. The van der Waals surface area contributed by atoms with Gasteiger partial charge in [0.1, 0.15) is 0 Å². The molecule has 3 rings (SSSR count). The molecular weight excluding hydrogens is 324 g/mol. The van der Waals surface area contributed by atoms with Gasteiger partial charge in [-0.1, -0.05) is 29.8 Å². The number of carbonyl (C=O) groups excluding carboxylic acids is 2. The molecule has 0 aliphatic carbocycles. The Balaban J connectivity index is 1.66. The van der Waals surface area contributed by atoms with Crippen LogP contribution in [0.15, 0.2) is 72.8 Å². The van der Waals surface area contributed by atoms with Crippen LogP contribution in [0.2, 0.25) is 0 Å². The first kappa shape index (κ1) is 17.4. The quantitative estimate of drug-likeness (QED) is 0.714. The molecule has 0 heterocycles. The Morgan fingerprint density at radius 2 is 1.15 bits per heavy atom. The van der Waals surface area contributed by atoms with Gasteiger partial charge in [0, 0.05) is 22.5 Å². The molecule has 3 aromatic rings. The second-order valence-electron chi connectivity index (χ2n) is 6.22. The minimum absolute atomic E-state index is 0.207. The number of amides is 2. The molecule has 0 atom stereocenters. The molecule has 26 heavy (non-hydrogen) atoms. The predicted molar refractivity (Wildman–Crippen MR) is 105 cm³/mol. The van der Waals surface area contributed by atoms with Crippen molar-refractivity contribution in [2.45, 2.75) is 13.8 Å². The zero-order valence-corrected chi connectivity index (χ0v) is 14.7. The summed E-state index contributed by atoms with van der Waals surface area (Å²) in [5.41, 5.74) is 4.69. The summed E-state index contributed by atoms with van der Waals surface area (Å²) in [5.74, 6) is -0.416. The lowest BCUT2D eigenvalue weighted by atomic mass is 10.1. The van der Waals surface area contributed by atoms with Crippen molar-refractivity contribution in [1.29, 1.82) is 0 Å². The Kier molecular flexibility index (Phi) is 5.13. The average molecular weight is 344 g/mol. The summed E-state index contributed by atoms with van der Waals surface area (Å²) in [4.78, 5) is 24.6. The van der Waals surface area contributed by atoms with Crippen LogP contribution < -0.4 is 10.6 Å². The molecule has 0 bridgehead atoms. The van der Waals surface area contributed by atoms with E-state index in [-0.39, 0.29) is 11.8 Å². The van der Waals surface area contributed by atoms with Crippen molar-refractivity contribution in [3.05, 3.63) is 95.1 Å². The van der Waals surface area contributed by atoms with Gasteiger partial charge in [-0.25, -0.2) is 0 Å². The van der Waals surface area contributed by atoms with Crippen molar-refractivity contribution in [3.63, 3.8) is 0 Å². The third kappa shape index (κ3) is 4.36. The predicted octanol–water partition coefficient (Wildman–Crippen LogP) is 4.81. The molecule has 3 aromatic carbocycles. The minimum atomic E-state index is -0.209. The van der Waals surface area contributed by atoms with Crippen LogP contribution in [0.4, 0.5) is 11.4 Å².